The highest BCUT2D eigenvalue weighted by molar-refractivity contribution is 5.06. The third-order valence-corrected chi connectivity index (χ3v) is 5.64. The summed E-state index contributed by atoms with van der Waals surface area (Å²) in [4.78, 5) is 5.23. The lowest BCUT2D eigenvalue weighted by molar-refractivity contribution is 0.212. The van der Waals surface area contributed by atoms with E-state index in [1.165, 1.54) is 32.4 Å². The summed E-state index contributed by atoms with van der Waals surface area (Å²) >= 11 is 0. The van der Waals surface area contributed by atoms with Gasteiger partial charge < -0.3 is 4.90 Å². The van der Waals surface area contributed by atoms with Gasteiger partial charge in [-0.25, -0.2) is 0 Å². The van der Waals surface area contributed by atoms with E-state index in [2.05, 4.69) is 42.1 Å². The number of likely N-dealkylation sites (tertiary alicyclic amines) is 1. The van der Waals surface area contributed by atoms with Crippen LogP contribution in [0, 0.1) is 11.3 Å². The quantitative estimate of drug-likeness (QED) is 0.781. The van der Waals surface area contributed by atoms with Gasteiger partial charge in [0.05, 0.1) is 6.07 Å². The van der Waals surface area contributed by atoms with E-state index in [0.29, 0.717) is 0 Å². The van der Waals surface area contributed by atoms with Gasteiger partial charge in [-0.3, -0.25) is 10.2 Å². The van der Waals surface area contributed by atoms with Crippen LogP contribution in [0.15, 0.2) is 0 Å². The van der Waals surface area contributed by atoms with E-state index in [0.717, 1.165) is 44.4 Å². The van der Waals surface area contributed by atoms with Gasteiger partial charge in [-0.2, -0.15) is 5.26 Å². The van der Waals surface area contributed by atoms with Crippen molar-refractivity contribution in [3.63, 3.8) is 0 Å². The van der Waals surface area contributed by atoms with Crippen LogP contribution < -0.4 is 5.32 Å². The third-order valence-electron chi connectivity index (χ3n) is 5.64. The first-order valence-corrected chi connectivity index (χ1v) is 8.74. The zero-order valence-electron chi connectivity index (χ0n) is 14.1. The summed E-state index contributed by atoms with van der Waals surface area (Å²) in [7, 11) is 2.30. The molecule has 2 bridgehead atoms. The van der Waals surface area contributed by atoms with Crippen molar-refractivity contribution < 1.29 is 0 Å². The Balaban J connectivity index is 1.79. The lowest BCUT2D eigenvalue weighted by atomic mass is 9.91. The smallest absolute Gasteiger partial charge is 0.106 e. The minimum atomic E-state index is -0.309. The molecule has 2 aliphatic heterocycles. The van der Waals surface area contributed by atoms with Crippen LogP contribution in [0.2, 0.25) is 0 Å². The second-order valence-electron chi connectivity index (χ2n) is 6.82. The number of nitrogens with zero attached hydrogens (tertiary/aromatic N) is 3. The molecule has 21 heavy (non-hydrogen) atoms. The van der Waals surface area contributed by atoms with Gasteiger partial charge in [0.2, 0.25) is 0 Å². The molecule has 0 aromatic heterocycles. The zero-order valence-corrected chi connectivity index (χ0v) is 14.1. The molecule has 0 saturated carbocycles. The number of nitrogens with one attached hydrogen (secondary N) is 1. The number of rotatable bonds is 7. The minimum Gasteiger partial charge on any atom is -0.302 e. The highest BCUT2D eigenvalue weighted by Crippen LogP contribution is 2.28. The maximum absolute atomic E-state index is 9.48. The van der Waals surface area contributed by atoms with Crippen molar-refractivity contribution in [2.75, 3.05) is 33.2 Å². The fourth-order valence-corrected chi connectivity index (χ4v) is 4.09. The topological polar surface area (TPSA) is 42.3 Å². The number of hydrogen-bond acceptors (Lipinski definition) is 4. The minimum absolute atomic E-state index is 0.309. The van der Waals surface area contributed by atoms with Crippen molar-refractivity contribution in [2.45, 2.75) is 70.0 Å². The van der Waals surface area contributed by atoms with Crippen LogP contribution in [-0.4, -0.2) is 60.6 Å². The molecule has 0 amide bonds. The molecular formula is C17H32N4. The standard InChI is InChI=1S/C17H32N4/c1-4-17(14-18,19-5-2)10-6-11-21-12-9-15-7-8-16(13-21)20(15)3/h15-16,19H,4-13H2,1-3H3. The normalized spacial score (nSPS) is 29.8. The lowest BCUT2D eigenvalue weighted by Gasteiger charge is -2.29. The monoisotopic (exact) mass is 292 g/mol. The SMILES string of the molecule is CCNC(C#N)(CC)CCCN1CCC2CCC(C1)N2C. The van der Waals surface area contributed by atoms with E-state index >= 15 is 0 Å². The highest BCUT2D eigenvalue weighted by atomic mass is 15.3. The lowest BCUT2D eigenvalue weighted by Crippen LogP contribution is -2.44. The fourth-order valence-electron chi connectivity index (χ4n) is 4.09. The summed E-state index contributed by atoms with van der Waals surface area (Å²) in [6, 6.07) is 4.09. The number of hydrogen-bond donors (Lipinski definition) is 1. The Morgan fingerprint density at radius 2 is 2.00 bits per heavy atom. The predicted octanol–water partition coefficient (Wildman–Crippen LogP) is 2.22. The maximum atomic E-state index is 9.48. The molecule has 3 atom stereocenters. The van der Waals surface area contributed by atoms with Gasteiger partial charge in [-0.05, 0) is 65.2 Å². The van der Waals surface area contributed by atoms with Crippen molar-refractivity contribution in [1.29, 1.82) is 5.26 Å². The summed E-state index contributed by atoms with van der Waals surface area (Å²) in [5.74, 6) is 0. The fraction of sp³-hybridized carbons (Fsp3) is 0.941. The molecule has 4 nitrogen and oxygen atoms in total. The Kier molecular flexibility index (Phi) is 6.04. The number of fused-ring (bicyclic) bond motifs is 2. The molecule has 2 fully saturated rings. The van der Waals surface area contributed by atoms with Gasteiger partial charge in [0.15, 0.2) is 0 Å². The van der Waals surface area contributed by atoms with Crippen molar-refractivity contribution in [3.8, 4) is 6.07 Å². The van der Waals surface area contributed by atoms with E-state index < -0.39 is 0 Å². The molecule has 2 saturated heterocycles. The Hall–Kier alpha value is -0.630. The average molecular weight is 292 g/mol. The molecule has 120 valence electrons. The van der Waals surface area contributed by atoms with E-state index in [1.54, 1.807) is 0 Å². The Labute approximate surface area is 130 Å². The molecule has 3 unspecified atom stereocenters. The van der Waals surface area contributed by atoms with Gasteiger partial charge in [0.1, 0.15) is 5.54 Å². The Bertz CT molecular complexity index is 364. The second-order valence-corrected chi connectivity index (χ2v) is 6.82. The van der Waals surface area contributed by atoms with Crippen molar-refractivity contribution in [1.82, 2.24) is 15.1 Å². The number of nitriles is 1. The van der Waals surface area contributed by atoms with Gasteiger partial charge >= 0.3 is 0 Å². The summed E-state index contributed by atoms with van der Waals surface area (Å²) in [6.07, 6.45) is 7.06. The van der Waals surface area contributed by atoms with Crippen LogP contribution >= 0.6 is 0 Å². The Morgan fingerprint density at radius 3 is 2.67 bits per heavy atom. The summed E-state index contributed by atoms with van der Waals surface area (Å²) in [6.45, 7) is 8.68. The van der Waals surface area contributed by atoms with Crippen LogP contribution in [0.1, 0.15) is 52.4 Å². The molecule has 0 aliphatic carbocycles. The molecular weight excluding hydrogens is 260 g/mol. The molecule has 0 aromatic rings. The molecule has 1 N–H and O–H groups in total. The molecule has 2 rings (SSSR count). The molecule has 4 heteroatoms. The first-order chi connectivity index (χ1) is 10.1. The molecule has 2 aliphatic rings. The van der Waals surface area contributed by atoms with Crippen molar-refractivity contribution >= 4 is 0 Å². The van der Waals surface area contributed by atoms with E-state index in [-0.39, 0.29) is 5.54 Å². The predicted molar refractivity (Wildman–Crippen MR) is 87.2 cm³/mol. The van der Waals surface area contributed by atoms with E-state index in [1.807, 2.05) is 0 Å². The average Bonchev–Trinajstić information content (AvgIpc) is 2.74. The summed E-state index contributed by atoms with van der Waals surface area (Å²) in [5.41, 5.74) is -0.309. The third kappa shape index (κ3) is 3.97. The van der Waals surface area contributed by atoms with Gasteiger partial charge in [-0.15, -0.1) is 0 Å². The summed E-state index contributed by atoms with van der Waals surface area (Å²) in [5, 5.41) is 12.9. The van der Waals surface area contributed by atoms with E-state index in [4.69, 9.17) is 0 Å². The second kappa shape index (κ2) is 7.58. The van der Waals surface area contributed by atoms with Gasteiger partial charge in [0, 0.05) is 18.6 Å². The van der Waals surface area contributed by atoms with E-state index in [9.17, 15) is 5.26 Å². The largest absolute Gasteiger partial charge is 0.302 e. The Morgan fingerprint density at radius 1 is 1.24 bits per heavy atom. The summed E-state index contributed by atoms with van der Waals surface area (Å²) < 4.78 is 0. The first kappa shape index (κ1) is 16.7. The van der Waals surface area contributed by atoms with Gasteiger partial charge in [0.25, 0.3) is 0 Å². The van der Waals surface area contributed by atoms with Gasteiger partial charge in [-0.1, -0.05) is 13.8 Å². The van der Waals surface area contributed by atoms with Crippen LogP contribution in [0.5, 0.6) is 0 Å². The zero-order chi connectivity index (χ0) is 15.3. The molecule has 0 radical (unpaired) electrons. The molecule has 2 heterocycles. The van der Waals surface area contributed by atoms with Crippen molar-refractivity contribution in [2.24, 2.45) is 0 Å². The molecule has 0 spiro atoms. The number of likely N-dealkylation sites (N-methyl/N-ethyl adjacent to an activating group) is 1. The molecule has 0 aromatic carbocycles. The van der Waals surface area contributed by atoms with Crippen LogP contribution in [0.25, 0.3) is 0 Å². The van der Waals surface area contributed by atoms with Crippen LogP contribution in [0.4, 0.5) is 0 Å². The van der Waals surface area contributed by atoms with Crippen LogP contribution in [0.3, 0.4) is 0 Å². The van der Waals surface area contributed by atoms with Crippen LogP contribution in [-0.2, 0) is 0 Å². The first-order valence-electron chi connectivity index (χ1n) is 8.74. The van der Waals surface area contributed by atoms with Crippen molar-refractivity contribution in [3.05, 3.63) is 0 Å². The highest BCUT2D eigenvalue weighted by Gasteiger charge is 2.34. The maximum Gasteiger partial charge on any atom is 0.106 e.